The zero-order valence-corrected chi connectivity index (χ0v) is 22.1. The Kier molecular flexibility index (Phi) is 6.08. The molecule has 2 aliphatic heterocycles. The van der Waals surface area contributed by atoms with E-state index in [1.807, 2.05) is 0 Å². The highest BCUT2D eigenvalue weighted by atomic mass is 16.5. The van der Waals surface area contributed by atoms with Gasteiger partial charge in [0, 0.05) is 43.8 Å². The first kappa shape index (κ1) is 24.9. The molecule has 7 heteroatoms. The molecule has 1 saturated heterocycles. The number of aliphatic hydroxyl groups is 1. The Balaban J connectivity index is 1.28. The van der Waals surface area contributed by atoms with E-state index in [-0.39, 0.29) is 35.8 Å². The fraction of sp³-hybridized carbons (Fsp3) is 0.862. The lowest BCUT2D eigenvalue weighted by molar-refractivity contribution is -0.209. The van der Waals surface area contributed by atoms with Crippen LogP contribution in [0.25, 0.3) is 0 Å². The van der Waals surface area contributed by atoms with Gasteiger partial charge in [0.2, 0.25) is 0 Å². The van der Waals surface area contributed by atoms with Crippen LogP contribution in [0.3, 0.4) is 0 Å². The second-order valence-corrected chi connectivity index (χ2v) is 13.2. The van der Waals surface area contributed by atoms with Crippen LogP contribution >= 0.6 is 0 Å². The van der Waals surface area contributed by atoms with Crippen molar-refractivity contribution in [1.29, 1.82) is 0 Å². The minimum absolute atomic E-state index is 0.184. The van der Waals surface area contributed by atoms with E-state index in [4.69, 9.17) is 14.2 Å². The molecule has 10 atom stereocenters. The van der Waals surface area contributed by atoms with Crippen LogP contribution in [0.1, 0.15) is 72.1 Å². The summed E-state index contributed by atoms with van der Waals surface area (Å²) in [6.07, 6.45) is 9.67. The van der Waals surface area contributed by atoms with Gasteiger partial charge in [0.1, 0.15) is 12.7 Å². The molecule has 4 aliphatic carbocycles. The average molecular weight is 502 g/mol. The molecule has 10 unspecified atom stereocenters. The van der Waals surface area contributed by atoms with Gasteiger partial charge in [-0.3, -0.25) is 4.79 Å². The van der Waals surface area contributed by atoms with Crippen LogP contribution in [0.5, 0.6) is 0 Å². The third-order valence-corrected chi connectivity index (χ3v) is 11.8. The molecule has 2 heterocycles. The Morgan fingerprint density at radius 1 is 1.17 bits per heavy atom. The Morgan fingerprint density at radius 2 is 2.00 bits per heavy atom. The normalized spacial score (nSPS) is 50.4. The average Bonchev–Trinajstić information content (AvgIpc) is 3.36. The lowest BCUT2D eigenvalue weighted by Gasteiger charge is -2.64. The van der Waals surface area contributed by atoms with Gasteiger partial charge in [-0.1, -0.05) is 13.8 Å². The van der Waals surface area contributed by atoms with Crippen molar-refractivity contribution in [2.75, 3.05) is 26.3 Å². The van der Waals surface area contributed by atoms with Gasteiger partial charge in [-0.15, -0.1) is 0 Å². The SMILES string of the molecule is CC(=O)OC1CC2(O)C3CCC4CC(C5CNCCO5)CCC4(C)C3CCC2(C)C1C1=CC(=O)OC1. The highest BCUT2D eigenvalue weighted by Crippen LogP contribution is 2.70. The van der Waals surface area contributed by atoms with E-state index in [1.165, 1.54) is 26.2 Å². The van der Waals surface area contributed by atoms with Crippen molar-refractivity contribution < 1.29 is 28.9 Å². The van der Waals surface area contributed by atoms with Crippen LogP contribution in [0, 0.1) is 40.4 Å². The number of fused-ring (bicyclic) bond motifs is 5. The largest absolute Gasteiger partial charge is 0.462 e. The quantitative estimate of drug-likeness (QED) is 0.573. The molecule has 5 fully saturated rings. The molecule has 2 N–H and O–H groups in total. The summed E-state index contributed by atoms with van der Waals surface area (Å²) in [6, 6.07) is 0. The summed E-state index contributed by atoms with van der Waals surface area (Å²) in [5.74, 6) is 1.10. The molecule has 0 radical (unpaired) electrons. The Bertz CT molecular complexity index is 944. The number of morpholine rings is 1. The molecule has 0 amide bonds. The van der Waals surface area contributed by atoms with E-state index in [2.05, 4.69) is 19.2 Å². The Hall–Kier alpha value is -1.44. The number of rotatable bonds is 3. The van der Waals surface area contributed by atoms with Crippen LogP contribution < -0.4 is 5.32 Å². The molecule has 0 aromatic carbocycles. The third-order valence-electron chi connectivity index (χ3n) is 11.8. The second-order valence-electron chi connectivity index (χ2n) is 13.2. The predicted molar refractivity (Wildman–Crippen MR) is 133 cm³/mol. The van der Waals surface area contributed by atoms with Crippen molar-refractivity contribution in [2.45, 2.75) is 89.9 Å². The predicted octanol–water partition coefficient (Wildman–Crippen LogP) is 3.39. The molecule has 6 rings (SSSR count). The van der Waals surface area contributed by atoms with Crippen molar-refractivity contribution in [3.8, 4) is 0 Å². The molecule has 36 heavy (non-hydrogen) atoms. The van der Waals surface area contributed by atoms with E-state index in [0.29, 0.717) is 30.3 Å². The number of hydrogen-bond acceptors (Lipinski definition) is 7. The molecule has 6 aliphatic rings. The van der Waals surface area contributed by atoms with Crippen molar-refractivity contribution in [3.63, 3.8) is 0 Å². The molecule has 200 valence electrons. The van der Waals surface area contributed by atoms with Crippen molar-refractivity contribution >= 4 is 11.9 Å². The van der Waals surface area contributed by atoms with Gasteiger partial charge in [-0.25, -0.2) is 4.79 Å². The number of hydrogen-bond donors (Lipinski definition) is 2. The van der Waals surface area contributed by atoms with Crippen LogP contribution in [-0.4, -0.2) is 61.2 Å². The first-order valence-electron chi connectivity index (χ1n) is 14.2. The van der Waals surface area contributed by atoms with Gasteiger partial charge in [-0.2, -0.15) is 0 Å². The first-order chi connectivity index (χ1) is 17.2. The van der Waals surface area contributed by atoms with Crippen LogP contribution in [0.15, 0.2) is 11.6 Å². The van der Waals surface area contributed by atoms with Gasteiger partial charge in [-0.05, 0) is 79.6 Å². The lowest BCUT2D eigenvalue weighted by Crippen LogP contribution is -2.62. The van der Waals surface area contributed by atoms with Gasteiger partial charge in [0.15, 0.2) is 0 Å². The van der Waals surface area contributed by atoms with Crippen LogP contribution in [0.4, 0.5) is 0 Å². The number of nitrogens with one attached hydrogen (secondary N) is 1. The second kappa shape index (κ2) is 8.81. The summed E-state index contributed by atoms with van der Waals surface area (Å²) < 4.78 is 17.3. The molecule has 0 aromatic rings. The minimum Gasteiger partial charge on any atom is -0.462 e. The standard InChI is InChI=1S/C29H43NO6/c1-17(31)36-23-14-29(33)22-5-4-20-12-18(24-15-30-10-11-34-24)6-8-27(20,2)21(22)7-9-28(29,3)26(23)19-13-25(32)35-16-19/h13,18,20-24,26,30,33H,4-12,14-16H2,1-3H3. The summed E-state index contributed by atoms with van der Waals surface area (Å²) in [6.45, 7) is 9.10. The van der Waals surface area contributed by atoms with E-state index in [9.17, 15) is 14.7 Å². The number of esters is 2. The Morgan fingerprint density at radius 3 is 2.69 bits per heavy atom. The summed E-state index contributed by atoms with van der Waals surface area (Å²) in [4.78, 5) is 24.1. The topological polar surface area (TPSA) is 94.1 Å². The maximum absolute atomic E-state index is 12.6. The number of carbonyl (C=O) groups excluding carboxylic acids is 2. The number of ether oxygens (including phenoxy) is 3. The molecule has 7 nitrogen and oxygen atoms in total. The fourth-order valence-corrected chi connectivity index (χ4v) is 10.0. The number of cyclic esters (lactones) is 1. The van der Waals surface area contributed by atoms with Crippen LogP contribution in [0.2, 0.25) is 0 Å². The highest BCUT2D eigenvalue weighted by Gasteiger charge is 2.71. The van der Waals surface area contributed by atoms with Gasteiger partial charge >= 0.3 is 11.9 Å². The molecular formula is C29H43NO6. The van der Waals surface area contributed by atoms with Gasteiger partial charge in [0.25, 0.3) is 0 Å². The van der Waals surface area contributed by atoms with E-state index >= 15 is 0 Å². The summed E-state index contributed by atoms with van der Waals surface area (Å²) in [5, 5.41) is 16.1. The van der Waals surface area contributed by atoms with Crippen molar-refractivity contribution in [2.24, 2.45) is 40.4 Å². The first-order valence-corrected chi connectivity index (χ1v) is 14.2. The number of carbonyl (C=O) groups is 2. The van der Waals surface area contributed by atoms with Crippen LogP contribution in [-0.2, 0) is 23.8 Å². The molecule has 0 spiro atoms. The third kappa shape index (κ3) is 3.63. The van der Waals surface area contributed by atoms with Crippen molar-refractivity contribution in [3.05, 3.63) is 11.6 Å². The zero-order chi connectivity index (χ0) is 25.3. The zero-order valence-electron chi connectivity index (χ0n) is 22.1. The smallest absolute Gasteiger partial charge is 0.331 e. The van der Waals surface area contributed by atoms with Gasteiger partial charge in [0.05, 0.1) is 18.3 Å². The highest BCUT2D eigenvalue weighted by molar-refractivity contribution is 5.85. The Labute approximate surface area is 214 Å². The molecule has 0 bridgehead atoms. The van der Waals surface area contributed by atoms with Crippen molar-refractivity contribution in [1.82, 2.24) is 5.32 Å². The maximum atomic E-state index is 12.6. The lowest BCUT2D eigenvalue weighted by atomic mass is 9.42. The van der Waals surface area contributed by atoms with E-state index in [1.54, 1.807) is 6.08 Å². The van der Waals surface area contributed by atoms with Gasteiger partial charge < -0.3 is 24.6 Å². The fourth-order valence-electron chi connectivity index (χ4n) is 10.0. The monoisotopic (exact) mass is 501 g/mol. The summed E-state index contributed by atoms with van der Waals surface area (Å²) >= 11 is 0. The van der Waals surface area contributed by atoms with E-state index < -0.39 is 17.1 Å². The summed E-state index contributed by atoms with van der Waals surface area (Å²) in [7, 11) is 0. The summed E-state index contributed by atoms with van der Waals surface area (Å²) in [5.41, 5.74) is -0.270. The molecule has 0 aromatic heterocycles. The molecular weight excluding hydrogens is 458 g/mol. The van der Waals surface area contributed by atoms with E-state index in [0.717, 1.165) is 51.0 Å². The minimum atomic E-state index is -0.922. The maximum Gasteiger partial charge on any atom is 0.331 e. The molecule has 4 saturated carbocycles.